The normalized spacial score (nSPS) is 11.6. The summed E-state index contributed by atoms with van der Waals surface area (Å²) in [5.74, 6) is 1.81. The predicted molar refractivity (Wildman–Crippen MR) is 314 cm³/mol. The van der Waals surface area contributed by atoms with Crippen molar-refractivity contribution in [3.8, 4) is 90.0 Å². The first kappa shape index (κ1) is 44.6. The van der Waals surface area contributed by atoms with E-state index in [0.29, 0.717) is 17.5 Å². The van der Waals surface area contributed by atoms with E-state index in [4.69, 9.17) is 15.0 Å². The minimum absolute atomic E-state index is 0.586. The summed E-state index contributed by atoms with van der Waals surface area (Å²) in [6, 6.07) is 87.1. The first-order chi connectivity index (χ1) is 37.5. The van der Waals surface area contributed by atoms with Crippen LogP contribution >= 0.6 is 0 Å². The van der Waals surface area contributed by atoms with E-state index in [-0.39, 0.29) is 0 Å². The lowest BCUT2D eigenvalue weighted by molar-refractivity contribution is 1.07. The summed E-state index contributed by atoms with van der Waals surface area (Å²) in [5, 5.41) is 4.72. The lowest BCUT2D eigenvalue weighted by Crippen LogP contribution is -2.04. The Morgan fingerprint density at radius 3 is 1.14 bits per heavy atom. The molecule has 0 aliphatic rings. The lowest BCUT2D eigenvalue weighted by atomic mass is 9.95. The van der Waals surface area contributed by atoms with Gasteiger partial charge in [-0.1, -0.05) is 193 Å². The number of benzene rings is 10. The van der Waals surface area contributed by atoms with Crippen molar-refractivity contribution >= 4 is 43.6 Å². The van der Waals surface area contributed by atoms with Gasteiger partial charge >= 0.3 is 0 Å². The van der Waals surface area contributed by atoms with Gasteiger partial charge in [0.05, 0.1) is 33.4 Å². The van der Waals surface area contributed by atoms with Crippen molar-refractivity contribution in [1.29, 1.82) is 0 Å². The molecule has 6 nitrogen and oxygen atoms in total. The van der Waals surface area contributed by atoms with Crippen LogP contribution in [0.2, 0.25) is 0 Å². The number of aromatic nitrogens is 6. The second-order valence-electron chi connectivity index (χ2n) is 19.6. The van der Waals surface area contributed by atoms with Crippen LogP contribution < -0.4 is 0 Å². The van der Waals surface area contributed by atoms with Crippen LogP contribution in [-0.2, 0) is 0 Å². The van der Waals surface area contributed by atoms with Crippen LogP contribution in [0.25, 0.3) is 134 Å². The zero-order valence-corrected chi connectivity index (χ0v) is 41.9. The van der Waals surface area contributed by atoms with Crippen LogP contribution in [0, 0.1) is 13.8 Å². The molecule has 0 spiro atoms. The molecule has 0 aliphatic carbocycles. The zero-order valence-electron chi connectivity index (χ0n) is 41.9. The highest BCUT2D eigenvalue weighted by atomic mass is 15.0. The fourth-order valence-corrected chi connectivity index (χ4v) is 11.2. The van der Waals surface area contributed by atoms with Crippen molar-refractivity contribution in [2.45, 2.75) is 13.8 Å². The van der Waals surface area contributed by atoms with Gasteiger partial charge in [-0.05, 0) is 108 Å². The van der Waals surface area contributed by atoms with Crippen LogP contribution in [0.5, 0.6) is 0 Å². The molecule has 76 heavy (non-hydrogen) atoms. The molecule has 14 aromatic rings. The molecule has 358 valence electrons. The van der Waals surface area contributed by atoms with Gasteiger partial charge in [-0.25, -0.2) is 15.0 Å². The molecule has 0 N–H and O–H groups in total. The maximum absolute atomic E-state index is 5.27. The monoisotopic (exact) mass is 972 g/mol. The molecule has 0 saturated heterocycles. The molecular formula is C70H48N6. The zero-order chi connectivity index (χ0) is 50.7. The first-order valence-electron chi connectivity index (χ1n) is 25.8. The van der Waals surface area contributed by atoms with Gasteiger partial charge in [-0.3, -0.25) is 4.98 Å². The smallest absolute Gasteiger partial charge is 0.164 e. The minimum Gasteiger partial charge on any atom is -0.309 e. The van der Waals surface area contributed by atoms with Gasteiger partial charge in [0.15, 0.2) is 17.5 Å². The lowest BCUT2D eigenvalue weighted by Gasteiger charge is -2.21. The largest absolute Gasteiger partial charge is 0.309 e. The van der Waals surface area contributed by atoms with Crippen LogP contribution in [-0.4, -0.2) is 29.1 Å². The Labute approximate surface area is 440 Å². The molecule has 0 unspecified atom stereocenters. The van der Waals surface area contributed by atoms with Crippen molar-refractivity contribution < 1.29 is 0 Å². The van der Waals surface area contributed by atoms with E-state index in [1.54, 1.807) is 0 Å². The van der Waals surface area contributed by atoms with E-state index >= 15 is 0 Å². The summed E-state index contributed by atoms with van der Waals surface area (Å²) in [6.07, 6.45) is 3.74. The number of aryl methyl sites for hydroxylation is 2. The summed E-state index contributed by atoms with van der Waals surface area (Å²) < 4.78 is 4.91. The van der Waals surface area contributed by atoms with Gasteiger partial charge in [0.2, 0.25) is 0 Å². The molecule has 0 radical (unpaired) electrons. The third-order valence-electron chi connectivity index (χ3n) is 14.8. The molecule has 4 aromatic heterocycles. The van der Waals surface area contributed by atoms with E-state index in [0.717, 1.165) is 72.4 Å². The number of fused-ring (bicyclic) bond motifs is 6. The Hall–Kier alpha value is -10.0. The van der Waals surface area contributed by atoms with Crippen molar-refractivity contribution in [3.63, 3.8) is 0 Å². The van der Waals surface area contributed by atoms with Crippen molar-refractivity contribution in [1.82, 2.24) is 29.1 Å². The average Bonchev–Trinajstić information content (AvgIpc) is 4.01. The average molecular weight is 973 g/mol. The number of nitrogens with zero attached hydrogens (tertiary/aromatic N) is 6. The highest BCUT2D eigenvalue weighted by molar-refractivity contribution is 6.13. The molecule has 10 aromatic carbocycles. The molecule has 0 aliphatic heterocycles. The molecule has 6 heteroatoms. The quantitative estimate of drug-likeness (QED) is 0.145. The fraction of sp³-hybridized carbons (Fsp3) is 0.0286. The Morgan fingerprint density at radius 2 is 0.645 bits per heavy atom. The Balaban J connectivity index is 1.07. The Morgan fingerprint density at radius 1 is 0.263 bits per heavy atom. The van der Waals surface area contributed by atoms with E-state index in [9.17, 15) is 0 Å². The summed E-state index contributed by atoms with van der Waals surface area (Å²) in [4.78, 5) is 20.0. The molecular weight excluding hydrogens is 925 g/mol. The van der Waals surface area contributed by atoms with Gasteiger partial charge in [0, 0.05) is 61.8 Å². The fourth-order valence-electron chi connectivity index (χ4n) is 11.2. The molecule has 14 rings (SSSR count). The summed E-state index contributed by atoms with van der Waals surface area (Å²) in [6.45, 7) is 4.31. The van der Waals surface area contributed by atoms with Crippen LogP contribution in [0.4, 0.5) is 0 Å². The Bertz CT molecular complexity index is 4480. The molecule has 0 saturated carbocycles. The maximum Gasteiger partial charge on any atom is 0.164 e. The number of hydrogen-bond acceptors (Lipinski definition) is 4. The molecule has 0 atom stereocenters. The van der Waals surface area contributed by atoms with Crippen LogP contribution in [0.1, 0.15) is 11.1 Å². The van der Waals surface area contributed by atoms with Gasteiger partial charge in [-0.15, -0.1) is 0 Å². The Kier molecular flexibility index (Phi) is 10.8. The topological polar surface area (TPSA) is 61.4 Å². The third-order valence-corrected chi connectivity index (χ3v) is 14.8. The first-order valence-corrected chi connectivity index (χ1v) is 25.8. The van der Waals surface area contributed by atoms with E-state index in [1.165, 1.54) is 54.9 Å². The second kappa shape index (κ2) is 18.5. The molecule has 4 heterocycles. The van der Waals surface area contributed by atoms with Gasteiger partial charge in [0.25, 0.3) is 0 Å². The van der Waals surface area contributed by atoms with Gasteiger partial charge < -0.3 is 9.13 Å². The number of pyridine rings is 1. The number of para-hydroxylation sites is 2. The SMILES string of the molecule is Cc1cccc(-c2ccc3c(c2)c2ccccc2n3-c2cc(-c3ccncc3)ccc2-c2ccc(-c3nc(-c4ccccc4)nc(-c4ccccc4)n3)cc2-n2c3ccccc3c3cc(-c4cccc(C)c4)ccc32)c1. The number of rotatable bonds is 9. The van der Waals surface area contributed by atoms with E-state index in [2.05, 4.69) is 234 Å². The van der Waals surface area contributed by atoms with Crippen molar-refractivity contribution in [3.05, 3.63) is 266 Å². The summed E-state index contributed by atoms with van der Waals surface area (Å²) in [7, 11) is 0. The predicted octanol–water partition coefficient (Wildman–Crippen LogP) is 17.7. The van der Waals surface area contributed by atoms with Crippen LogP contribution in [0.15, 0.2) is 255 Å². The number of hydrogen-bond donors (Lipinski definition) is 0. The highest BCUT2D eigenvalue weighted by Crippen LogP contribution is 2.44. The van der Waals surface area contributed by atoms with Crippen LogP contribution in [0.3, 0.4) is 0 Å². The van der Waals surface area contributed by atoms with Crippen molar-refractivity contribution in [2.24, 2.45) is 0 Å². The highest BCUT2D eigenvalue weighted by Gasteiger charge is 2.24. The third kappa shape index (κ3) is 7.83. The maximum atomic E-state index is 5.27. The standard InChI is InChI=1S/C70H48N6/c1-45-15-13-21-50(39-45)52-29-33-64-60(41-52)56-23-9-11-25-62(56)75(64)66-43-54(47-35-37-71-38-36-47)27-31-58(66)59-32-28-55(70-73-68(48-17-5-3-6-18-48)72-69(74-70)49-19-7-4-8-20-49)44-67(59)76-63-26-12-10-24-57(63)61-42-53(30-34-65(61)76)51-22-14-16-46(2)40-51/h3-44H,1-2H3. The molecule has 0 fully saturated rings. The van der Waals surface area contributed by atoms with Gasteiger partial charge in [-0.2, -0.15) is 0 Å². The molecule has 0 amide bonds. The van der Waals surface area contributed by atoms with E-state index < -0.39 is 0 Å². The van der Waals surface area contributed by atoms with Crippen molar-refractivity contribution in [2.75, 3.05) is 0 Å². The summed E-state index contributed by atoms with van der Waals surface area (Å²) in [5.41, 5.74) is 20.7. The minimum atomic E-state index is 0.586. The second-order valence-corrected chi connectivity index (χ2v) is 19.6. The van der Waals surface area contributed by atoms with Gasteiger partial charge in [0.1, 0.15) is 0 Å². The molecule has 0 bridgehead atoms. The van der Waals surface area contributed by atoms with E-state index in [1.807, 2.05) is 48.8 Å². The summed E-state index contributed by atoms with van der Waals surface area (Å²) >= 11 is 0.